The summed E-state index contributed by atoms with van der Waals surface area (Å²) in [7, 11) is 0. The maximum absolute atomic E-state index is 11.6. The molecule has 0 atom stereocenters. The van der Waals surface area contributed by atoms with Crippen molar-refractivity contribution in [1.29, 1.82) is 0 Å². The van der Waals surface area contributed by atoms with Crippen LogP contribution in [0.1, 0.15) is 17.4 Å². The molecule has 0 fully saturated rings. The zero-order chi connectivity index (χ0) is 13.8. The summed E-state index contributed by atoms with van der Waals surface area (Å²) in [6.45, 7) is 1.92. The van der Waals surface area contributed by atoms with E-state index >= 15 is 0 Å². The zero-order valence-electron chi connectivity index (χ0n) is 9.85. The topological polar surface area (TPSA) is 61.6 Å². The van der Waals surface area contributed by atoms with Gasteiger partial charge in [0.05, 0.1) is 6.61 Å². The van der Waals surface area contributed by atoms with Crippen molar-refractivity contribution in [2.75, 3.05) is 6.61 Å². The lowest BCUT2D eigenvalue weighted by molar-refractivity contribution is 0.0515. The van der Waals surface area contributed by atoms with Gasteiger partial charge in [0.2, 0.25) is 5.69 Å². The molecule has 100 valence electrons. The summed E-state index contributed by atoms with van der Waals surface area (Å²) in [5, 5.41) is 0.805. The number of hydrogen-bond acceptors (Lipinski definition) is 5. The predicted octanol–water partition coefficient (Wildman–Crippen LogP) is 3.95. The van der Waals surface area contributed by atoms with Gasteiger partial charge in [0.1, 0.15) is 5.75 Å². The van der Waals surface area contributed by atoms with Crippen molar-refractivity contribution in [2.24, 2.45) is 0 Å². The van der Waals surface area contributed by atoms with Crippen LogP contribution in [0.3, 0.4) is 0 Å². The van der Waals surface area contributed by atoms with Crippen LogP contribution in [-0.4, -0.2) is 17.6 Å². The van der Waals surface area contributed by atoms with E-state index in [9.17, 15) is 4.79 Å². The molecule has 0 aliphatic carbocycles. The molecule has 0 saturated carbocycles. The van der Waals surface area contributed by atoms with Crippen molar-refractivity contribution in [3.05, 3.63) is 40.3 Å². The van der Waals surface area contributed by atoms with Crippen LogP contribution in [0.15, 0.2) is 29.0 Å². The third-order valence-electron chi connectivity index (χ3n) is 2.05. The van der Waals surface area contributed by atoms with Gasteiger partial charge >= 0.3 is 11.9 Å². The quantitative estimate of drug-likeness (QED) is 0.800. The van der Waals surface area contributed by atoms with Gasteiger partial charge in [-0.2, -0.15) is 0 Å². The summed E-state index contributed by atoms with van der Waals surface area (Å²) in [5.41, 5.74) is -0.0436. The molecule has 5 nitrogen and oxygen atoms in total. The van der Waals surface area contributed by atoms with Gasteiger partial charge in [-0.25, -0.2) is 9.78 Å². The fraction of sp³-hybridized carbons (Fsp3) is 0.167. The number of esters is 1. The van der Waals surface area contributed by atoms with Gasteiger partial charge in [-0.3, -0.25) is 0 Å². The highest BCUT2D eigenvalue weighted by Gasteiger charge is 2.20. The number of halogens is 2. The van der Waals surface area contributed by atoms with Gasteiger partial charge in [-0.1, -0.05) is 23.2 Å². The lowest BCUT2D eigenvalue weighted by Crippen LogP contribution is -2.06. The van der Waals surface area contributed by atoms with Crippen molar-refractivity contribution in [1.82, 2.24) is 4.98 Å². The minimum atomic E-state index is -0.626. The Kier molecular flexibility index (Phi) is 4.29. The molecule has 19 heavy (non-hydrogen) atoms. The van der Waals surface area contributed by atoms with Crippen molar-refractivity contribution < 1.29 is 18.7 Å². The first-order valence-electron chi connectivity index (χ1n) is 5.34. The van der Waals surface area contributed by atoms with Crippen molar-refractivity contribution in [3.63, 3.8) is 0 Å². The molecular formula is C12H9Cl2NO4. The number of carbonyl (C=O) groups is 1. The Morgan fingerprint density at radius 3 is 2.63 bits per heavy atom. The molecule has 7 heteroatoms. The Balaban J connectivity index is 2.24. The molecule has 0 spiro atoms. The monoisotopic (exact) mass is 301 g/mol. The standard InChI is InChI=1S/C12H9Cl2NO4/c1-2-17-11(16)10-12(18-6-15-10)19-9-4-7(13)3-8(14)5-9/h3-6H,2H2,1H3. The molecule has 1 aromatic heterocycles. The largest absolute Gasteiger partial charge is 0.461 e. The van der Waals surface area contributed by atoms with Gasteiger partial charge in [0, 0.05) is 10.0 Å². The molecule has 1 heterocycles. The second-order valence-corrected chi connectivity index (χ2v) is 4.29. The Morgan fingerprint density at radius 2 is 2.00 bits per heavy atom. The highest BCUT2D eigenvalue weighted by molar-refractivity contribution is 6.34. The smallest absolute Gasteiger partial charge is 0.364 e. The lowest BCUT2D eigenvalue weighted by Gasteiger charge is -2.05. The van der Waals surface area contributed by atoms with Crippen LogP contribution >= 0.6 is 23.2 Å². The van der Waals surface area contributed by atoms with E-state index < -0.39 is 5.97 Å². The normalized spacial score (nSPS) is 10.3. The lowest BCUT2D eigenvalue weighted by atomic mass is 10.3. The van der Waals surface area contributed by atoms with Gasteiger partial charge in [-0.15, -0.1) is 0 Å². The van der Waals surface area contributed by atoms with E-state index in [1.807, 2.05) is 0 Å². The van der Waals surface area contributed by atoms with Gasteiger partial charge in [0.25, 0.3) is 0 Å². The van der Waals surface area contributed by atoms with E-state index in [2.05, 4.69) is 4.98 Å². The Morgan fingerprint density at radius 1 is 1.32 bits per heavy atom. The Labute approximate surface area is 119 Å². The first kappa shape index (κ1) is 13.7. The van der Waals surface area contributed by atoms with Crippen LogP contribution in [0.25, 0.3) is 0 Å². The molecule has 1 aromatic carbocycles. The van der Waals surface area contributed by atoms with Crippen molar-refractivity contribution >= 4 is 29.2 Å². The number of ether oxygens (including phenoxy) is 2. The van der Waals surface area contributed by atoms with Crippen LogP contribution < -0.4 is 4.74 Å². The minimum absolute atomic E-state index is 0.0436. The summed E-state index contributed by atoms with van der Waals surface area (Å²) in [6.07, 6.45) is 1.09. The van der Waals surface area contributed by atoms with E-state index in [1.165, 1.54) is 12.1 Å². The van der Waals surface area contributed by atoms with E-state index in [0.717, 1.165) is 6.39 Å². The van der Waals surface area contributed by atoms with Crippen molar-refractivity contribution in [3.8, 4) is 11.7 Å². The number of rotatable bonds is 4. The number of aromatic nitrogens is 1. The van der Waals surface area contributed by atoms with Gasteiger partial charge in [-0.05, 0) is 25.1 Å². The Bertz CT molecular complexity index is 577. The van der Waals surface area contributed by atoms with Crippen LogP contribution in [0.4, 0.5) is 0 Å². The molecule has 2 rings (SSSR count). The number of carbonyl (C=O) groups excluding carboxylic acids is 1. The molecule has 0 bridgehead atoms. The minimum Gasteiger partial charge on any atom is -0.461 e. The van der Waals surface area contributed by atoms with E-state index in [0.29, 0.717) is 15.8 Å². The van der Waals surface area contributed by atoms with E-state index in [-0.39, 0.29) is 18.2 Å². The maximum Gasteiger partial charge on any atom is 0.364 e. The van der Waals surface area contributed by atoms with Gasteiger partial charge in [0.15, 0.2) is 6.39 Å². The summed E-state index contributed by atoms with van der Waals surface area (Å²) in [4.78, 5) is 15.3. The summed E-state index contributed by atoms with van der Waals surface area (Å²) in [5.74, 6) is -0.365. The molecule has 0 aliphatic rings. The number of oxazole rings is 1. The van der Waals surface area contributed by atoms with Crippen LogP contribution in [0, 0.1) is 0 Å². The van der Waals surface area contributed by atoms with Crippen molar-refractivity contribution in [2.45, 2.75) is 6.92 Å². The van der Waals surface area contributed by atoms with Gasteiger partial charge < -0.3 is 13.9 Å². The summed E-state index contributed by atoms with van der Waals surface area (Å²) >= 11 is 11.7. The number of nitrogens with zero attached hydrogens (tertiary/aromatic N) is 1. The van der Waals surface area contributed by atoms with Crippen LogP contribution in [-0.2, 0) is 4.74 Å². The predicted molar refractivity (Wildman–Crippen MR) is 69.0 cm³/mol. The number of benzene rings is 1. The summed E-state index contributed by atoms with van der Waals surface area (Å²) < 4.78 is 15.2. The third-order valence-corrected chi connectivity index (χ3v) is 2.49. The van der Waals surface area contributed by atoms with Crippen LogP contribution in [0.5, 0.6) is 11.7 Å². The SMILES string of the molecule is CCOC(=O)c1ncoc1Oc1cc(Cl)cc(Cl)c1. The average Bonchev–Trinajstić information content (AvgIpc) is 2.76. The second-order valence-electron chi connectivity index (χ2n) is 3.42. The number of hydrogen-bond donors (Lipinski definition) is 0. The molecule has 0 radical (unpaired) electrons. The zero-order valence-corrected chi connectivity index (χ0v) is 11.4. The molecule has 0 amide bonds. The van der Waals surface area contributed by atoms with E-state index in [4.69, 9.17) is 37.1 Å². The van der Waals surface area contributed by atoms with E-state index in [1.54, 1.807) is 13.0 Å². The third kappa shape index (κ3) is 3.39. The van der Waals surface area contributed by atoms with Crippen LogP contribution in [0.2, 0.25) is 10.0 Å². The first-order valence-corrected chi connectivity index (χ1v) is 6.10. The molecule has 2 aromatic rings. The highest BCUT2D eigenvalue weighted by Crippen LogP contribution is 2.30. The molecule has 0 N–H and O–H groups in total. The summed E-state index contributed by atoms with van der Waals surface area (Å²) in [6, 6.07) is 4.62. The highest BCUT2D eigenvalue weighted by atomic mass is 35.5. The second kappa shape index (κ2) is 5.95. The average molecular weight is 302 g/mol. The molecular weight excluding hydrogens is 293 g/mol. The molecule has 0 saturated heterocycles. The molecule has 0 unspecified atom stereocenters. The fourth-order valence-electron chi connectivity index (χ4n) is 1.34. The molecule has 0 aliphatic heterocycles. The maximum atomic E-state index is 11.6. The Hall–Kier alpha value is -1.72. The fourth-order valence-corrected chi connectivity index (χ4v) is 1.84. The first-order chi connectivity index (χ1) is 9.10.